The lowest BCUT2D eigenvalue weighted by Gasteiger charge is -2.31. The van der Waals surface area contributed by atoms with E-state index >= 15 is 0 Å². The number of hydrogen-bond acceptors (Lipinski definition) is 3. The molecule has 3 rings (SSSR count). The third kappa shape index (κ3) is 2.93. The van der Waals surface area contributed by atoms with Crippen LogP contribution in [0.1, 0.15) is 11.3 Å². The van der Waals surface area contributed by atoms with Crippen molar-refractivity contribution in [2.45, 2.75) is 0 Å². The molecule has 0 unspecified atom stereocenters. The normalized spacial score (nSPS) is 14.8. The fourth-order valence-electron chi connectivity index (χ4n) is 2.58. The van der Waals surface area contributed by atoms with Gasteiger partial charge in [-0.05, 0) is 11.6 Å². The fourth-order valence-corrected chi connectivity index (χ4v) is 3.07. The quantitative estimate of drug-likeness (QED) is 0.754. The maximum Gasteiger partial charge on any atom is 0.138 e. The number of likely N-dealkylation sites (N-methyl/N-ethyl adjacent to an activating group) is 1. The highest BCUT2D eigenvalue weighted by molar-refractivity contribution is 6.34. The molecule has 1 aromatic carbocycles. The van der Waals surface area contributed by atoms with E-state index in [1.807, 2.05) is 48.4 Å². The summed E-state index contributed by atoms with van der Waals surface area (Å²) < 4.78 is 5.19. The Labute approximate surface area is 151 Å². The number of aromatic nitrogens is 1. The van der Waals surface area contributed by atoms with Crippen molar-refractivity contribution < 1.29 is 4.74 Å². The molecule has 1 aliphatic rings. The molecule has 24 heavy (non-hydrogen) atoms. The Balaban J connectivity index is 2.27. The largest absolute Gasteiger partial charge is 0.495 e. The highest BCUT2D eigenvalue weighted by Gasteiger charge is 2.25. The van der Waals surface area contributed by atoms with Crippen LogP contribution in [0.4, 0.5) is 0 Å². The summed E-state index contributed by atoms with van der Waals surface area (Å²) in [5.74, 6) is 0.608. The third-order valence-corrected chi connectivity index (χ3v) is 4.52. The Morgan fingerprint density at radius 3 is 2.50 bits per heavy atom. The van der Waals surface area contributed by atoms with E-state index in [-0.39, 0.29) is 0 Å². The summed E-state index contributed by atoms with van der Waals surface area (Å²) in [5, 5.41) is 1.09. The van der Waals surface area contributed by atoms with Crippen LogP contribution < -0.4 is 4.74 Å². The van der Waals surface area contributed by atoms with Gasteiger partial charge in [0, 0.05) is 18.7 Å². The number of benzene rings is 1. The monoisotopic (exact) mass is 358 g/mol. The number of methoxy groups -OCH3 is 1. The molecular formula is C19H16Cl2N2O. The lowest BCUT2D eigenvalue weighted by molar-refractivity contribution is 0.412. The van der Waals surface area contributed by atoms with E-state index in [9.17, 15) is 0 Å². The lowest BCUT2D eigenvalue weighted by Crippen LogP contribution is -2.21. The highest BCUT2D eigenvalue weighted by atomic mass is 35.5. The van der Waals surface area contributed by atoms with Crippen molar-refractivity contribution in [2.75, 3.05) is 14.2 Å². The van der Waals surface area contributed by atoms with Gasteiger partial charge >= 0.3 is 0 Å². The predicted octanol–water partition coefficient (Wildman–Crippen LogP) is 5.19. The molecule has 0 atom stereocenters. The number of nitrogens with zero attached hydrogens (tertiary/aromatic N) is 2. The van der Waals surface area contributed by atoms with Crippen molar-refractivity contribution in [3.8, 4) is 5.75 Å². The summed E-state index contributed by atoms with van der Waals surface area (Å²) >= 11 is 12.8. The van der Waals surface area contributed by atoms with Gasteiger partial charge in [-0.15, -0.1) is 0 Å². The van der Waals surface area contributed by atoms with Gasteiger partial charge in [0.25, 0.3) is 0 Å². The van der Waals surface area contributed by atoms with Crippen molar-refractivity contribution >= 4 is 34.5 Å². The number of halogens is 2. The highest BCUT2D eigenvalue weighted by Crippen LogP contribution is 2.41. The number of ether oxygens (including phenoxy) is 1. The van der Waals surface area contributed by atoms with E-state index in [1.165, 1.54) is 0 Å². The Hall–Kier alpha value is -2.23. The second-order valence-corrected chi connectivity index (χ2v) is 6.15. The molecule has 3 nitrogen and oxygen atoms in total. The topological polar surface area (TPSA) is 25.4 Å². The molecule has 0 amide bonds. The van der Waals surface area contributed by atoms with Gasteiger partial charge in [0.15, 0.2) is 0 Å². The van der Waals surface area contributed by atoms with Crippen LogP contribution in [0, 0.1) is 0 Å². The van der Waals surface area contributed by atoms with Crippen LogP contribution in [0.5, 0.6) is 5.75 Å². The third-order valence-electron chi connectivity index (χ3n) is 3.90. The van der Waals surface area contributed by atoms with E-state index in [2.05, 4.69) is 11.6 Å². The minimum absolute atomic E-state index is 0.504. The minimum Gasteiger partial charge on any atom is -0.495 e. The zero-order valence-electron chi connectivity index (χ0n) is 13.4. The molecule has 0 radical (unpaired) electrons. The van der Waals surface area contributed by atoms with Crippen molar-refractivity contribution in [2.24, 2.45) is 0 Å². The summed E-state index contributed by atoms with van der Waals surface area (Å²) in [6.07, 6.45) is 3.55. The molecule has 1 aliphatic heterocycles. The zero-order valence-corrected chi connectivity index (χ0v) is 14.9. The van der Waals surface area contributed by atoms with Crippen LogP contribution in [-0.2, 0) is 0 Å². The summed E-state index contributed by atoms with van der Waals surface area (Å²) in [4.78, 5) is 6.40. The number of rotatable bonds is 3. The molecule has 122 valence electrons. The molecule has 0 spiro atoms. The zero-order chi connectivity index (χ0) is 17.3. The van der Waals surface area contributed by atoms with Gasteiger partial charge in [0.1, 0.15) is 11.4 Å². The molecule has 0 saturated heterocycles. The molecule has 0 aliphatic carbocycles. The number of hydrogen-bond donors (Lipinski definition) is 0. The summed E-state index contributed by atoms with van der Waals surface area (Å²) in [6.45, 7) is 4.04. The van der Waals surface area contributed by atoms with Gasteiger partial charge in [-0.2, -0.15) is 0 Å². The second kappa shape index (κ2) is 6.71. The Bertz CT molecular complexity index is 857. The van der Waals surface area contributed by atoms with Gasteiger partial charge < -0.3 is 9.64 Å². The van der Waals surface area contributed by atoms with Gasteiger partial charge in [-0.1, -0.05) is 60.1 Å². The maximum atomic E-state index is 6.46. The van der Waals surface area contributed by atoms with Crippen molar-refractivity contribution in [1.29, 1.82) is 0 Å². The minimum atomic E-state index is 0.504. The molecule has 0 fully saturated rings. The Morgan fingerprint density at radius 2 is 1.88 bits per heavy atom. The Kier molecular flexibility index (Phi) is 4.65. The van der Waals surface area contributed by atoms with E-state index in [0.29, 0.717) is 27.2 Å². The van der Waals surface area contributed by atoms with Gasteiger partial charge in [-0.3, -0.25) is 0 Å². The first-order valence-electron chi connectivity index (χ1n) is 7.32. The molecule has 5 heteroatoms. The smallest absolute Gasteiger partial charge is 0.138 e. The van der Waals surface area contributed by atoms with Gasteiger partial charge in [0.2, 0.25) is 0 Å². The summed E-state index contributed by atoms with van der Waals surface area (Å²) in [5.41, 5.74) is 4.16. The first-order valence-corrected chi connectivity index (χ1v) is 8.08. The van der Waals surface area contributed by atoms with Crippen LogP contribution in [0.25, 0.3) is 11.3 Å². The summed E-state index contributed by atoms with van der Waals surface area (Å²) in [6, 6.07) is 11.7. The first-order chi connectivity index (χ1) is 11.5. The van der Waals surface area contributed by atoms with Crippen LogP contribution in [0.15, 0.2) is 66.0 Å². The number of allylic oxidation sites excluding steroid dienone is 3. The fraction of sp³-hybridized carbons (Fsp3) is 0.105. The second-order valence-electron chi connectivity index (χ2n) is 5.33. The van der Waals surface area contributed by atoms with E-state index in [4.69, 9.17) is 27.9 Å². The molecule has 2 aromatic rings. The molecule has 0 saturated carbocycles. The Morgan fingerprint density at radius 1 is 1.17 bits per heavy atom. The summed E-state index contributed by atoms with van der Waals surface area (Å²) in [7, 11) is 3.48. The average molecular weight is 359 g/mol. The van der Waals surface area contributed by atoms with E-state index in [0.717, 1.165) is 16.8 Å². The molecule has 2 heterocycles. The molecule has 0 bridgehead atoms. The van der Waals surface area contributed by atoms with Crippen molar-refractivity contribution in [3.05, 3.63) is 82.3 Å². The van der Waals surface area contributed by atoms with Crippen molar-refractivity contribution in [1.82, 2.24) is 9.88 Å². The molecular weight excluding hydrogens is 343 g/mol. The van der Waals surface area contributed by atoms with E-state index in [1.54, 1.807) is 19.4 Å². The average Bonchev–Trinajstić information content (AvgIpc) is 2.60. The van der Waals surface area contributed by atoms with Crippen LogP contribution in [0.2, 0.25) is 5.02 Å². The maximum absolute atomic E-state index is 6.46. The van der Waals surface area contributed by atoms with E-state index < -0.39 is 0 Å². The molecule has 0 N–H and O–H groups in total. The van der Waals surface area contributed by atoms with Gasteiger partial charge in [0.05, 0.1) is 34.8 Å². The van der Waals surface area contributed by atoms with Crippen LogP contribution in [-0.4, -0.2) is 24.0 Å². The van der Waals surface area contributed by atoms with Crippen molar-refractivity contribution in [3.63, 3.8) is 0 Å². The predicted molar refractivity (Wildman–Crippen MR) is 99.9 cm³/mol. The first kappa shape index (κ1) is 16.6. The number of pyridine rings is 1. The molecule has 1 aromatic heterocycles. The van der Waals surface area contributed by atoms with Gasteiger partial charge in [-0.25, -0.2) is 4.98 Å². The SMILES string of the molecule is C=C1C(Cl)=CC(c2ccccc2)=C(c2ncc(OC)cc2Cl)N1C. The lowest BCUT2D eigenvalue weighted by atomic mass is 9.97. The standard InChI is InChI=1S/C19H16Cl2N2O/c1-12-16(20)10-15(13-7-5-4-6-8-13)19(23(12)2)18-17(21)9-14(24-3)11-22-18/h4-11H,1H2,2-3H3. The van der Waals surface area contributed by atoms with Crippen LogP contribution in [0.3, 0.4) is 0 Å². The van der Waals surface area contributed by atoms with Crippen LogP contribution >= 0.6 is 23.2 Å².